The molecule has 0 radical (unpaired) electrons. The zero-order chi connectivity index (χ0) is 10.1. The molecular weight excluding hydrogens is 184 g/mol. The summed E-state index contributed by atoms with van der Waals surface area (Å²) in [5.41, 5.74) is 6.74. The Hall–Kier alpha value is -1.89. The van der Waals surface area contributed by atoms with Crippen LogP contribution in [0.5, 0.6) is 0 Å². The summed E-state index contributed by atoms with van der Waals surface area (Å²) < 4.78 is 0. The van der Waals surface area contributed by atoms with Gasteiger partial charge in [0, 0.05) is 7.05 Å². The first-order chi connectivity index (χ1) is 6.72. The number of nitrogens with one attached hydrogen (secondary N) is 1. The van der Waals surface area contributed by atoms with Crippen LogP contribution in [0.15, 0.2) is 6.33 Å². The lowest BCUT2D eigenvalue weighted by atomic mass is 10.5. The molecule has 0 amide bonds. The second kappa shape index (κ2) is 3.11. The summed E-state index contributed by atoms with van der Waals surface area (Å²) in [6.45, 7) is 0. The van der Waals surface area contributed by atoms with Crippen LogP contribution in [0.4, 0.5) is 11.8 Å². The lowest BCUT2D eigenvalue weighted by Gasteiger charge is -2.14. The highest BCUT2D eigenvalue weighted by molar-refractivity contribution is 5.83. The Bertz CT molecular complexity index is 452. The summed E-state index contributed by atoms with van der Waals surface area (Å²) in [5.74, 6) is 0.732. The van der Waals surface area contributed by atoms with Crippen LogP contribution in [0, 0.1) is 0 Å². The van der Waals surface area contributed by atoms with Gasteiger partial charge in [0.25, 0.3) is 0 Å². The summed E-state index contributed by atoms with van der Waals surface area (Å²) in [4.78, 5) is 19.9. The van der Waals surface area contributed by atoms with Gasteiger partial charge < -0.3 is 10.7 Å². The van der Waals surface area contributed by atoms with Crippen LogP contribution in [0.25, 0.3) is 11.2 Å². The molecule has 0 bridgehead atoms. The molecule has 0 aliphatic carbocycles. The van der Waals surface area contributed by atoms with Crippen LogP contribution in [0.3, 0.4) is 0 Å². The van der Waals surface area contributed by atoms with Crippen molar-refractivity contribution in [2.75, 3.05) is 25.0 Å². The van der Waals surface area contributed by atoms with Crippen molar-refractivity contribution in [3.63, 3.8) is 0 Å². The van der Waals surface area contributed by atoms with Crippen LogP contribution >= 0.6 is 0 Å². The zero-order valence-corrected chi connectivity index (χ0v) is 7.85. The van der Waals surface area contributed by atoms with Gasteiger partial charge in [-0.15, -0.1) is 0 Å². The van der Waals surface area contributed by atoms with Gasteiger partial charge in [-0.1, -0.05) is 0 Å². The molecule has 0 aromatic carbocycles. The number of H-pyrrole nitrogens is 1. The topological polar surface area (TPSA) is 92.9 Å². The average molecular weight is 194 g/mol. The molecule has 0 aliphatic heterocycles. The Morgan fingerprint density at radius 1 is 1.50 bits per heavy atom. The number of hydroxylamine groups is 1. The minimum Gasteiger partial charge on any atom is -0.368 e. The van der Waals surface area contributed by atoms with Crippen molar-refractivity contribution in [1.82, 2.24) is 19.9 Å². The van der Waals surface area contributed by atoms with Crippen LogP contribution in [-0.4, -0.2) is 34.1 Å². The van der Waals surface area contributed by atoms with E-state index in [-0.39, 0.29) is 5.95 Å². The summed E-state index contributed by atoms with van der Waals surface area (Å²) in [5, 5.41) is 1.48. The van der Waals surface area contributed by atoms with Crippen molar-refractivity contribution in [3.8, 4) is 0 Å². The minimum absolute atomic E-state index is 0.170. The van der Waals surface area contributed by atoms with E-state index in [1.54, 1.807) is 14.2 Å². The number of aromatic amines is 1. The molecule has 0 fully saturated rings. The van der Waals surface area contributed by atoms with Crippen molar-refractivity contribution in [2.45, 2.75) is 0 Å². The van der Waals surface area contributed by atoms with E-state index in [9.17, 15) is 0 Å². The van der Waals surface area contributed by atoms with Crippen molar-refractivity contribution in [3.05, 3.63) is 6.33 Å². The Kier molecular flexibility index (Phi) is 1.93. The van der Waals surface area contributed by atoms with Crippen LogP contribution in [-0.2, 0) is 4.84 Å². The Morgan fingerprint density at radius 3 is 3.00 bits per heavy atom. The Balaban J connectivity index is 2.66. The number of nitrogens with two attached hydrogens (primary N) is 1. The molecule has 0 unspecified atom stereocenters. The molecule has 0 atom stereocenters. The molecule has 7 heteroatoms. The first-order valence-electron chi connectivity index (χ1n) is 3.97. The third-order valence-corrected chi connectivity index (χ3v) is 1.86. The quantitative estimate of drug-likeness (QED) is 0.650. The highest BCUT2D eigenvalue weighted by Crippen LogP contribution is 2.20. The van der Waals surface area contributed by atoms with Gasteiger partial charge in [0.2, 0.25) is 5.95 Å². The molecule has 2 rings (SSSR count). The lowest BCUT2D eigenvalue weighted by Crippen LogP contribution is -2.17. The number of nitrogen functional groups attached to an aromatic ring is 1. The van der Waals surface area contributed by atoms with Gasteiger partial charge in [-0.05, 0) is 0 Å². The van der Waals surface area contributed by atoms with Crippen LogP contribution in [0.1, 0.15) is 0 Å². The molecular formula is C7H10N6O. The maximum absolute atomic E-state index is 5.52. The molecule has 0 aliphatic rings. The second-order valence-corrected chi connectivity index (χ2v) is 2.69. The molecule has 3 N–H and O–H groups in total. The van der Waals surface area contributed by atoms with Crippen molar-refractivity contribution in [1.29, 1.82) is 0 Å². The molecule has 2 heterocycles. The summed E-state index contributed by atoms with van der Waals surface area (Å²) in [6, 6.07) is 0. The number of hydrogen-bond donors (Lipinski definition) is 2. The van der Waals surface area contributed by atoms with Gasteiger partial charge in [-0.2, -0.15) is 9.97 Å². The molecule has 74 valence electrons. The number of rotatable bonds is 2. The van der Waals surface area contributed by atoms with Gasteiger partial charge in [0.1, 0.15) is 5.52 Å². The normalized spacial score (nSPS) is 10.7. The Morgan fingerprint density at radius 2 is 2.29 bits per heavy atom. The molecule has 0 spiro atoms. The number of nitrogens with zero attached hydrogens (tertiary/aromatic N) is 4. The average Bonchev–Trinajstić information content (AvgIpc) is 2.62. The monoisotopic (exact) mass is 194 g/mol. The van der Waals surface area contributed by atoms with E-state index in [2.05, 4.69) is 19.9 Å². The Labute approximate surface area is 79.9 Å². The highest BCUT2D eigenvalue weighted by Gasteiger charge is 2.11. The van der Waals surface area contributed by atoms with Crippen LogP contribution in [0.2, 0.25) is 0 Å². The van der Waals surface area contributed by atoms with E-state index in [1.165, 1.54) is 11.4 Å². The molecule has 7 nitrogen and oxygen atoms in total. The highest BCUT2D eigenvalue weighted by atomic mass is 16.7. The standard InChI is InChI=1S/C7H10N6O/c1-13(14-2)6-4-5(10-3-9-4)11-7(8)12-6/h3H,1-2H3,(H3,8,9,10,11,12). The molecule has 2 aromatic rings. The van der Waals surface area contributed by atoms with E-state index >= 15 is 0 Å². The number of hydrogen-bond acceptors (Lipinski definition) is 6. The maximum Gasteiger partial charge on any atom is 0.224 e. The third kappa shape index (κ3) is 1.23. The van der Waals surface area contributed by atoms with Gasteiger partial charge in [0.15, 0.2) is 11.5 Å². The van der Waals surface area contributed by atoms with Crippen molar-refractivity contribution >= 4 is 22.9 Å². The van der Waals surface area contributed by atoms with E-state index in [4.69, 9.17) is 10.6 Å². The minimum atomic E-state index is 0.170. The van der Waals surface area contributed by atoms with Crippen LogP contribution < -0.4 is 10.8 Å². The third-order valence-electron chi connectivity index (χ3n) is 1.86. The summed E-state index contributed by atoms with van der Waals surface area (Å²) in [7, 11) is 3.27. The van der Waals surface area contributed by atoms with E-state index in [0.29, 0.717) is 17.0 Å². The van der Waals surface area contributed by atoms with E-state index < -0.39 is 0 Å². The fourth-order valence-corrected chi connectivity index (χ4v) is 1.15. The fraction of sp³-hybridized carbons (Fsp3) is 0.286. The molecule has 0 saturated heterocycles. The predicted molar refractivity (Wildman–Crippen MR) is 51.5 cm³/mol. The number of fused-ring (bicyclic) bond motifs is 1. The van der Waals surface area contributed by atoms with Gasteiger partial charge in [-0.3, -0.25) is 4.84 Å². The first kappa shape index (κ1) is 8.70. The largest absolute Gasteiger partial charge is 0.368 e. The van der Waals surface area contributed by atoms with Crippen molar-refractivity contribution in [2.24, 2.45) is 0 Å². The number of anilines is 2. The number of aromatic nitrogens is 4. The van der Waals surface area contributed by atoms with Crippen molar-refractivity contribution < 1.29 is 4.84 Å². The first-order valence-corrected chi connectivity index (χ1v) is 3.97. The summed E-state index contributed by atoms with van der Waals surface area (Å²) >= 11 is 0. The van der Waals surface area contributed by atoms with Gasteiger partial charge in [0.05, 0.1) is 13.4 Å². The maximum atomic E-state index is 5.52. The predicted octanol–water partition coefficient (Wildman–Crippen LogP) is -0.0673. The summed E-state index contributed by atoms with van der Waals surface area (Å²) in [6.07, 6.45) is 1.53. The SMILES string of the molecule is CON(C)c1nc(N)nc2nc[nH]c12. The molecule has 2 aromatic heterocycles. The molecule has 0 saturated carbocycles. The van der Waals surface area contributed by atoms with E-state index in [0.717, 1.165) is 0 Å². The van der Waals surface area contributed by atoms with Gasteiger partial charge >= 0.3 is 0 Å². The lowest BCUT2D eigenvalue weighted by molar-refractivity contribution is 0.183. The van der Waals surface area contributed by atoms with Gasteiger partial charge in [-0.25, -0.2) is 10.0 Å². The zero-order valence-electron chi connectivity index (χ0n) is 7.85. The van der Waals surface area contributed by atoms with E-state index in [1.807, 2.05) is 0 Å². The second-order valence-electron chi connectivity index (χ2n) is 2.69. The molecule has 14 heavy (non-hydrogen) atoms. The smallest absolute Gasteiger partial charge is 0.224 e. The fourth-order valence-electron chi connectivity index (χ4n) is 1.15. The number of imidazole rings is 1.